The Bertz CT molecular complexity index is 1190. The topological polar surface area (TPSA) is 69.2 Å². The van der Waals surface area contributed by atoms with E-state index in [0.29, 0.717) is 22.0 Å². The van der Waals surface area contributed by atoms with Crippen LogP contribution in [0, 0.1) is 18.8 Å². The second-order valence-corrected chi connectivity index (χ2v) is 9.26. The summed E-state index contributed by atoms with van der Waals surface area (Å²) in [5, 5.41) is -0.468. The Morgan fingerprint density at radius 1 is 1.00 bits per heavy atom. The summed E-state index contributed by atoms with van der Waals surface area (Å²) in [6, 6.07) is 14.2. The van der Waals surface area contributed by atoms with Crippen LogP contribution in [0.4, 0.5) is 0 Å². The molecule has 1 heterocycles. The van der Waals surface area contributed by atoms with Gasteiger partial charge in [0, 0.05) is 5.56 Å². The van der Waals surface area contributed by atoms with Gasteiger partial charge in [0.25, 0.3) is 0 Å². The van der Waals surface area contributed by atoms with Crippen LogP contribution in [0.15, 0.2) is 59.6 Å². The molecule has 0 aliphatic heterocycles. The van der Waals surface area contributed by atoms with Crippen LogP contribution in [0.3, 0.4) is 0 Å². The largest absolute Gasteiger partial charge is 0.495 e. The summed E-state index contributed by atoms with van der Waals surface area (Å²) in [5.41, 5.74) is 3.46. The van der Waals surface area contributed by atoms with Crippen molar-refractivity contribution in [2.24, 2.45) is 0 Å². The highest BCUT2D eigenvalue weighted by Crippen LogP contribution is 2.22. The molecular formula is C23H22N2O3S. The van der Waals surface area contributed by atoms with Crippen LogP contribution in [0.2, 0.25) is 0 Å². The van der Waals surface area contributed by atoms with E-state index in [4.69, 9.17) is 4.74 Å². The van der Waals surface area contributed by atoms with E-state index in [1.807, 2.05) is 31.2 Å². The maximum absolute atomic E-state index is 12.3. The molecule has 0 bridgehead atoms. The van der Waals surface area contributed by atoms with E-state index in [2.05, 4.69) is 21.8 Å². The summed E-state index contributed by atoms with van der Waals surface area (Å²) in [6.07, 6.45) is 1.66. The molecule has 3 aromatic rings. The van der Waals surface area contributed by atoms with E-state index in [1.165, 1.54) is 0 Å². The van der Waals surface area contributed by atoms with Crippen molar-refractivity contribution >= 4 is 9.84 Å². The van der Waals surface area contributed by atoms with E-state index >= 15 is 0 Å². The van der Waals surface area contributed by atoms with E-state index in [0.717, 1.165) is 16.8 Å². The third kappa shape index (κ3) is 4.47. The van der Waals surface area contributed by atoms with Crippen molar-refractivity contribution in [2.75, 3.05) is 7.11 Å². The fraction of sp³-hybridized carbons (Fsp3) is 0.217. The number of sulfone groups is 1. The molecule has 148 valence electrons. The molecule has 0 fully saturated rings. The van der Waals surface area contributed by atoms with Gasteiger partial charge in [-0.05, 0) is 51.0 Å². The van der Waals surface area contributed by atoms with E-state index in [-0.39, 0.29) is 0 Å². The standard InChI is InChI=1S/C23H22N2O3S/c1-16(2)29(26,27)20-12-9-18(10-13-20)22-15-24-17(3)21(25-22)14-11-19-7-5-6-8-23(19)28-4/h5-10,12-13,15-16H,1-4H3. The quantitative estimate of drug-likeness (QED) is 0.612. The molecule has 0 aliphatic rings. The summed E-state index contributed by atoms with van der Waals surface area (Å²) in [7, 11) is -1.70. The van der Waals surface area contributed by atoms with Crippen LogP contribution in [0.25, 0.3) is 11.3 Å². The molecule has 0 amide bonds. The lowest BCUT2D eigenvalue weighted by atomic mass is 10.1. The summed E-state index contributed by atoms with van der Waals surface area (Å²) in [5.74, 6) is 6.85. The number of methoxy groups -OCH3 is 1. The normalized spacial score (nSPS) is 11.1. The first-order valence-electron chi connectivity index (χ1n) is 9.16. The Morgan fingerprint density at radius 2 is 1.69 bits per heavy atom. The van der Waals surface area contributed by atoms with Gasteiger partial charge in [0.2, 0.25) is 0 Å². The Balaban J connectivity index is 1.95. The van der Waals surface area contributed by atoms with Crippen molar-refractivity contribution in [1.29, 1.82) is 0 Å². The number of aromatic nitrogens is 2. The summed E-state index contributed by atoms with van der Waals surface area (Å²) >= 11 is 0. The number of benzene rings is 2. The molecule has 5 nitrogen and oxygen atoms in total. The highest BCUT2D eigenvalue weighted by molar-refractivity contribution is 7.92. The Morgan fingerprint density at radius 3 is 2.34 bits per heavy atom. The number of hydrogen-bond donors (Lipinski definition) is 0. The minimum absolute atomic E-state index is 0.299. The number of para-hydroxylation sites is 1. The lowest BCUT2D eigenvalue weighted by molar-refractivity contribution is 0.413. The minimum atomic E-state index is -3.31. The molecule has 0 atom stereocenters. The maximum Gasteiger partial charge on any atom is 0.180 e. The monoisotopic (exact) mass is 406 g/mol. The van der Waals surface area contributed by atoms with E-state index in [1.54, 1.807) is 51.4 Å². The van der Waals surface area contributed by atoms with Gasteiger partial charge in [0.1, 0.15) is 11.4 Å². The average molecular weight is 407 g/mol. The van der Waals surface area contributed by atoms with E-state index in [9.17, 15) is 8.42 Å². The predicted octanol–water partition coefficient (Wildman–Crippen LogP) is 4.04. The number of ether oxygens (including phenoxy) is 1. The van der Waals surface area contributed by atoms with Gasteiger partial charge in [0.05, 0.1) is 40.4 Å². The van der Waals surface area contributed by atoms with Crippen molar-refractivity contribution in [3.05, 3.63) is 71.7 Å². The average Bonchev–Trinajstić information content (AvgIpc) is 2.73. The number of rotatable bonds is 4. The van der Waals surface area contributed by atoms with Gasteiger partial charge in [0.15, 0.2) is 9.84 Å². The van der Waals surface area contributed by atoms with Crippen LogP contribution < -0.4 is 4.74 Å². The summed E-state index contributed by atoms with van der Waals surface area (Å²) < 4.78 is 29.9. The number of nitrogens with zero attached hydrogens (tertiary/aromatic N) is 2. The van der Waals surface area contributed by atoms with Gasteiger partial charge in [-0.1, -0.05) is 30.2 Å². The van der Waals surface area contributed by atoms with Crippen LogP contribution in [0.1, 0.15) is 30.8 Å². The molecule has 0 aliphatic carbocycles. The van der Waals surface area contributed by atoms with Crippen molar-refractivity contribution < 1.29 is 13.2 Å². The number of hydrogen-bond acceptors (Lipinski definition) is 5. The van der Waals surface area contributed by atoms with Crippen molar-refractivity contribution in [3.63, 3.8) is 0 Å². The van der Waals surface area contributed by atoms with Crippen LogP contribution in [-0.4, -0.2) is 30.7 Å². The van der Waals surface area contributed by atoms with Crippen molar-refractivity contribution in [1.82, 2.24) is 9.97 Å². The first-order valence-corrected chi connectivity index (χ1v) is 10.7. The fourth-order valence-corrected chi connectivity index (χ4v) is 3.73. The molecule has 6 heteroatoms. The molecule has 0 radical (unpaired) electrons. The van der Waals surface area contributed by atoms with Crippen LogP contribution in [0.5, 0.6) is 5.75 Å². The lowest BCUT2D eigenvalue weighted by Crippen LogP contribution is -2.13. The molecule has 2 aromatic carbocycles. The Labute approximate surface area is 171 Å². The molecular weight excluding hydrogens is 384 g/mol. The molecule has 0 N–H and O–H groups in total. The zero-order valence-corrected chi connectivity index (χ0v) is 17.6. The van der Waals surface area contributed by atoms with Gasteiger partial charge in [-0.2, -0.15) is 0 Å². The molecule has 0 saturated carbocycles. The Hall–Kier alpha value is -3.17. The van der Waals surface area contributed by atoms with E-state index < -0.39 is 15.1 Å². The fourth-order valence-electron chi connectivity index (χ4n) is 2.67. The smallest absolute Gasteiger partial charge is 0.180 e. The second-order valence-electron chi connectivity index (χ2n) is 6.76. The lowest BCUT2D eigenvalue weighted by Gasteiger charge is -2.09. The number of aryl methyl sites for hydroxylation is 1. The molecule has 3 rings (SSSR count). The van der Waals surface area contributed by atoms with Gasteiger partial charge in [-0.25, -0.2) is 13.4 Å². The maximum atomic E-state index is 12.3. The summed E-state index contributed by atoms with van der Waals surface area (Å²) in [6.45, 7) is 5.18. The van der Waals surface area contributed by atoms with Gasteiger partial charge in [-0.3, -0.25) is 4.98 Å². The highest BCUT2D eigenvalue weighted by atomic mass is 32.2. The van der Waals surface area contributed by atoms with Crippen molar-refractivity contribution in [3.8, 4) is 28.8 Å². The molecule has 0 saturated heterocycles. The highest BCUT2D eigenvalue weighted by Gasteiger charge is 2.19. The molecule has 1 aromatic heterocycles. The van der Waals surface area contributed by atoms with Gasteiger partial charge in [-0.15, -0.1) is 0 Å². The minimum Gasteiger partial charge on any atom is -0.495 e. The van der Waals surface area contributed by atoms with Crippen LogP contribution >= 0.6 is 0 Å². The SMILES string of the molecule is COc1ccccc1C#Cc1nc(-c2ccc(S(=O)(=O)C(C)C)cc2)cnc1C. The summed E-state index contributed by atoms with van der Waals surface area (Å²) in [4.78, 5) is 9.31. The van der Waals surface area contributed by atoms with Crippen molar-refractivity contribution in [2.45, 2.75) is 30.9 Å². The molecule has 29 heavy (non-hydrogen) atoms. The predicted molar refractivity (Wildman–Crippen MR) is 114 cm³/mol. The zero-order chi connectivity index (χ0) is 21.0. The molecule has 0 spiro atoms. The second kappa shape index (κ2) is 8.46. The third-order valence-electron chi connectivity index (χ3n) is 4.48. The van der Waals surface area contributed by atoms with Gasteiger partial charge < -0.3 is 4.74 Å². The van der Waals surface area contributed by atoms with Gasteiger partial charge >= 0.3 is 0 Å². The van der Waals surface area contributed by atoms with Crippen LogP contribution in [-0.2, 0) is 9.84 Å². The third-order valence-corrected chi connectivity index (χ3v) is 6.65. The molecule has 0 unspecified atom stereocenters. The first kappa shape index (κ1) is 20.6. The zero-order valence-electron chi connectivity index (χ0n) is 16.8. The Kier molecular flexibility index (Phi) is 6.00. The first-order chi connectivity index (χ1) is 13.8.